The number of aromatic nitrogens is 1. The van der Waals surface area contributed by atoms with E-state index in [1.807, 2.05) is 37.3 Å². The number of carbonyl (C=O) groups is 2. The van der Waals surface area contributed by atoms with Crippen LogP contribution < -0.4 is 16.0 Å². The molecule has 28 heavy (non-hydrogen) atoms. The first-order valence-corrected chi connectivity index (χ1v) is 9.50. The third-order valence-electron chi connectivity index (χ3n) is 3.89. The minimum absolute atomic E-state index is 0.105. The van der Waals surface area contributed by atoms with Crippen molar-refractivity contribution in [2.45, 2.75) is 19.4 Å². The van der Waals surface area contributed by atoms with Crippen LogP contribution in [0.2, 0.25) is 0 Å². The van der Waals surface area contributed by atoms with Crippen LogP contribution in [0.1, 0.15) is 24.2 Å². The maximum absolute atomic E-state index is 12.9. The van der Waals surface area contributed by atoms with Crippen molar-refractivity contribution in [3.8, 4) is 0 Å². The third-order valence-corrected chi connectivity index (χ3v) is 4.70. The smallest absolute Gasteiger partial charge is 0.325 e. The predicted octanol–water partition coefficient (Wildman–Crippen LogP) is 4.35. The van der Waals surface area contributed by atoms with Gasteiger partial charge in [0.15, 0.2) is 5.13 Å². The number of nitrogens with one attached hydrogen (secondary N) is 3. The van der Waals surface area contributed by atoms with Gasteiger partial charge in [0.1, 0.15) is 5.82 Å². The topological polar surface area (TPSA) is 83.1 Å². The maximum atomic E-state index is 12.9. The highest BCUT2D eigenvalue weighted by Crippen LogP contribution is 2.17. The van der Waals surface area contributed by atoms with E-state index in [1.165, 1.54) is 35.6 Å². The summed E-state index contributed by atoms with van der Waals surface area (Å²) in [6.45, 7) is 1.92. The van der Waals surface area contributed by atoms with Crippen molar-refractivity contribution < 1.29 is 14.0 Å². The van der Waals surface area contributed by atoms with Crippen molar-refractivity contribution >= 4 is 34.1 Å². The molecule has 8 heteroatoms. The van der Waals surface area contributed by atoms with Crippen LogP contribution in [0, 0.1) is 5.82 Å². The highest BCUT2D eigenvalue weighted by atomic mass is 32.1. The molecule has 1 unspecified atom stereocenters. The van der Waals surface area contributed by atoms with E-state index < -0.39 is 6.03 Å². The van der Waals surface area contributed by atoms with Gasteiger partial charge in [-0.15, -0.1) is 11.3 Å². The summed E-state index contributed by atoms with van der Waals surface area (Å²) >= 11 is 1.23. The molecule has 0 radical (unpaired) electrons. The Bertz CT molecular complexity index is 944. The second-order valence-electron chi connectivity index (χ2n) is 6.11. The van der Waals surface area contributed by atoms with Gasteiger partial charge >= 0.3 is 6.03 Å². The minimum atomic E-state index is -0.491. The lowest BCUT2D eigenvalue weighted by Crippen LogP contribution is -2.28. The number of anilines is 2. The lowest BCUT2D eigenvalue weighted by Gasteiger charge is -2.13. The zero-order valence-electron chi connectivity index (χ0n) is 15.1. The van der Waals surface area contributed by atoms with E-state index in [9.17, 15) is 14.0 Å². The Kier molecular flexibility index (Phi) is 6.33. The molecular formula is C20H19FN4O2S. The number of halogens is 1. The Balaban J connectivity index is 1.50. The first-order chi connectivity index (χ1) is 13.5. The lowest BCUT2D eigenvalue weighted by molar-refractivity contribution is -0.121. The molecule has 2 aromatic carbocycles. The van der Waals surface area contributed by atoms with Gasteiger partial charge in [-0.1, -0.05) is 30.3 Å². The molecule has 144 valence electrons. The molecule has 1 aromatic heterocycles. The number of rotatable bonds is 6. The Morgan fingerprint density at radius 1 is 1.07 bits per heavy atom. The van der Waals surface area contributed by atoms with Crippen molar-refractivity contribution in [2.75, 3.05) is 10.6 Å². The average Bonchev–Trinajstić information content (AvgIpc) is 3.10. The summed E-state index contributed by atoms with van der Waals surface area (Å²) in [4.78, 5) is 28.4. The van der Waals surface area contributed by atoms with E-state index in [2.05, 4.69) is 20.9 Å². The number of amides is 3. The normalized spacial score (nSPS) is 11.5. The summed E-state index contributed by atoms with van der Waals surface area (Å²) in [7, 11) is 0. The lowest BCUT2D eigenvalue weighted by atomic mass is 10.1. The second kappa shape index (κ2) is 9.09. The highest BCUT2D eigenvalue weighted by molar-refractivity contribution is 7.14. The fourth-order valence-electron chi connectivity index (χ4n) is 2.52. The van der Waals surface area contributed by atoms with Crippen molar-refractivity contribution in [2.24, 2.45) is 0 Å². The quantitative estimate of drug-likeness (QED) is 0.577. The van der Waals surface area contributed by atoms with E-state index >= 15 is 0 Å². The SMILES string of the molecule is CC(NC(=O)Cc1csc(NC(=O)Nc2ccc(F)cc2)n1)c1ccccc1. The van der Waals surface area contributed by atoms with Gasteiger partial charge in [0.25, 0.3) is 0 Å². The third kappa shape index (κ3) is 5.62. The summed E-state index contributed by atoms with van der Waals surface area (Å²) in [5.74, 6) is -0.528. The summed E-state index contributed by atoms with van der Waals surface area (Å²) in [5, 5.41) is 10.2. The molecule has 0 fully saturated rings. The number of hydrogen-bond donors (Lipinski definition) is 3. The highest BCUT2D eigenvalue weighted by Gasteiger charge is 2.13. The van der Waals surface area contributed by atoms with Gasteiger partial charge in [0, 0.05) is 11.1 Å². The monoisotopic (exact) mass is 398 g/mol. The van der Waals surface area contributed by atoms with E-state index in [0.717, 1.165) is 5.56 Å². The zero-order chi connectivity index (χ0) is 19.9. The van der Waals surface area contributed by atoms with Crippen LogP contribution >= 0.6 is 11.3 Å². The van der Waals surface area contributed by atoms with Crippen LogP contribution in [-0.4, -0.2) is 16.9 Å². The molecule has 6 nitrogen and oxygen atoms in total. The van der Waals surface area contributed by atoms with Crippen LogP contribution in [0.25, 0.3) is 0 Å². The fourth-order valence-corrected chi connectivity index (χ4v) is 3.23. The van der Waals surface area contributed by atoms with E-state index in [0.29, 0.717) is 16.5 Å². The number of carbonyl (C=O) groups excluding carboxylic acids is 2. The van der Waals surface area contributed by atoms with Crippen LogP contribution in [0.15, 0.2) is 60.0 Å². The van der Waals surface area contributed by atoms with Gasteiger partial charge in [-0.25, -0.2) is 14.2 Å². The zero-order valence-corrected chi connectivity index (χ0v) is 15.9. The van der Waals surface area contributed by atoms with Crippen LogP contribution in [0.5, 0.6) is 0 Å². The average molecular weight is 398 g/mol. The molecule has 0 aliphatic carbocycles. The summed E-state index contributed by atoms with van der Waals surface area (Å²) in [6.07, 6.45) is 0.120. The molecular weight excluding hydrogens is 379 g/mol. The molecule has 0 aliphatic rings. The largest absolute Gasteiger partial charge is 0.349 e. The molecule has 0 saturated heterocycles. The van der Waals surface area contributed by atoms with Gasteiger partial charge in [-0.3, -0.25) is 10.1 Å². The van der Waals surface area contributed by atoms with Gasteiger partial charge in [-0.2, -0.15) is 0 Å². The number of hydrogen-bond acceptors (Lipinski definition) is 4. The first-order valence-electron chi connectivity index (χ1n) is 8.62. The first kappa shape index (κ1) is 19.5. The number of urea groups is 1. The number of nitrogens with zero attached hydrogens (tertiary/aromatic N) is 1. The standard InChI is InChI=1S/C20H19FN4O2S/c1-13(14-5-3-2-4-6-14)22-18(26)11-17-12-28-20(24-17)25-19(27)23-16-9-7-15(21)8-10-16/h2-10,12-13H,11H2,1H3,(H,22,26)(H2,23,24,25,27). The van der Waals surface area contributed by atoms with Gasteiger partial charge in [0.05, 0.1) is 18.2 Å². The van der Waals surface area contributed by atoms with E-state index in [-0.39, 0.29) is 24.2 Å². The number of benzene rings is 2. The minimum Gasteiger partial charge on any atom is -0.349 e. The molecule has 0 bridgehead atoms. The molecule has 3 aromatic rings. The van der Waals surface area contributed by atoms with E-state index in [4.69, 9.17) is 0 Å². The van der Waals surface area contributed by atoms with Crippen molar-refractivity contribution in [3.63, 3.8) is 0 Å². The fraction of sp³-hybridized carbons (Fsp3) is 0.150. The van der Waals surface area contributed by atoms with E-state index in [1.54, 1.807) is 5.38 Å². The molecule has 3 N–H and O–H groups in total. The van der Waals surface area contributed by atoms with Crippen LogP contribution in [0.4, 0.5) is 20.0 Å². The Morgan fingerprint density at radius 2 is 1.79 bits per heavy atom. The van der Waals surface area contributed by atoms with Crippen LogP contribution in [0.3, 0.4) is 0 Å². The molecule has 3 rings (SSSR count). The summed E-state index contributed by atoms with van der Waals surface area (Å²) < 4.78 is 12.9. The Hall–Kier alpha value is -3.26. The Morgan fingerprint density at radius 3 is 2.50 bits per heavy atom. The maximum Gasteiger partial charge on any atom is 0.325 e. The van der Waals surface area contributed by atoms with Crippen molar-refractivity contribution in [3.05, 3.63) is 77.1 Å². The molecule has 0 saturated carbocycles. The molecule has 3 amide bonds. The number of thiazole rings is 1. The Labute approximate surface area is 165 Å². The van der Waals surface area contributed by atoms with Gasteiger partial charge in [-0.05, 0) is 36.8 Å². The molecule has 1 atom stereocenters. The van der Waals surface area contributed by atoms with Crippen molar-refractivity contribution in [1.29, 1.82) is 0 Å². The molecule has 1 heterocycles. The van der Waals surface area contributed by atoms with Gasteiger partial charge < -0.3 is 10.6 Å². The van der Waals surface area contributed by atoms with Gasteiger partial charge in [0.2, 0.25) is 5.91 Å². The predicted molar refractivity (Wildman–Crippen MR) is 108 cm³/mol. The summed E-state index contributed by atoms with van der Waals surface area (Å²) in [5.41, 5.74) is 2.05. The van der Waals surface area contributed by atoms with Crippen LogP contribution in [-0.2, 0) is 11.2 Å². The molecule has 0 spiro atoms. The second-order valence-corrected chi connectivity index (χ2v) is 6.96. The molecule has 0 aliphatic heterocycles. The summed E-state index contributed by atoms with van der Waals surface area (Å²) in [6, 6.07) is 14.5. The van der Waals surface area contributed by atoms with Crippen molar-refractivity contribution in [1.82, 2.24) is 10.3 Å².